The van der Waals surface area contributed by atoms with Crippen LogP contribution in [0.25, 0.3) is 0 Å². The molecule has 1 aromatic carbocycles. The van der Waals surface area contributed by atoms with E-state index in [1.807, 2.05) is 18.2 Å². The minimum absolute atomic E-state index is 0. The van der Waals surface area contributed by atoms with Crippen LogP contribution < -0.4 is 5.48 Å². The molecule has 0 atom stereocenters. The molecule has 0 saturated heterocycles. The Morgan fingerprint density at radius 1 is 0.741 bits per heavy atom. The fourth-order valence-electron chi connectivity index (χ4n) is 3.14. The first-order valence-corrected chi connectivity index (χ1v) is 10.8. The molecule has 0 bridgehead atoms. The van der Waals surface area contributed by atoms with Crippen LogP contribution in [0.5, 0.6) is 0 Å². The van der Waals surface area contributed by atoms with Crippen LogP contribution in [0.2, 0.25) is 0 Å². The molecule has 0 spiro atoms. The van der Waals surface area contributed by atoms with E-state index >= 15 is 0 Å². The average molecular weight is 386 g/mol. The third-order valence-electron chi connectivity index (χ3n) is 4.81. The first-order valence-electron chi connectivity index (χ1n) is 10.8. The van der Waals surface area contributed by atoms with E-state index in [1.54, 1.807) is 12.1 Å². The van der Waals surface area contributed by atoms with Gasteiger partial charge >= 0.3 is 35.5 Å². The molecule has 1 aromatic rings. The summed E-state index contributed by atoms with van der Waals surface area (Å²) in [5, 5.41) is 0. The van der Waals surface area contributed by atoms with Crippen molar-refractivity contribution in [2.45, 2.75) is 96.8 Å². The molecule has 3 nitrogen and oxygen atoms in total. The van der Waals surface area contributed by atoms with Crippen LogP contribution in [0.1, 0.15) is 107 Å². The number of benzene rings is 1. The first kappa shape index (κ1) is 26.6. The van der Waals surface area contributed by atoms with Gasteiger partial charge in [-0.3, -0.25) is 0 Å². The molecule has 0 fully saturated rings. The van der Waals surface area contributed by atoms with Crippen molar-refractivity contribution in [2.75, 3.05) is 6.54 Å². The molecule has 0 aliphatic heterocycles. The van der Waals surface area contributed by atoms with E-state index in [0.29, 0.717) is 5.56 Å². The Kier molecular flexibility index (Phi) is 20.1. The maximum atomic E-state index is 11.7. The molecule has 0 radical (unpaired) electrons. The number of unbranched alkanes of at least 4 members (excludes halogenated alkanes) is 13. The van der Waals surface area contributed by atoms with Gasteiger partial charge in [-0.25, -0.2) is 4.79 Å². The Balaban J connectivity index is 0.00000676. The molecule has 0 aromatic heterocycles. The Hall–Kier alpha value is -0.350. The van der Waals surface area contributed by atoms with Crippen LogP contribution in [0.15, 0.2) is 30.3 Å². The zero-order valence-electron chi connectivity index (χ0n) is 16.8. The summed E-state index contributed by atoms with van der Waals surface area (Å²) in [5.74, 6) is -0.309. The number of rotatable bonds is 17. The topological polar surface area (TPSA) is 38.3 Å². The van der Waals surface area contributed by atoms with E-state index < -0.39 is 0 Å². The summed E-state index contributed by atoms with van der Waals surface area (Å²) in [6, 6.07) is 9.08. The SMILES string of the molecule is CCCCCCCCCCCCCCCCNOC(=O)c1ccccc1.[NaH]. The summed E-state index contributed by atoms with van der Waals surface area (Å²) in [5.41, 5.74) is 3.36. The van der Waals surface area contributed by atoms with E-state index in [-0.39, 0.29) is 35.5 Å². The Bertz CT molecular complexity index is 439. The number of nitrogens with one attached hydrogen (secondary N) is 1. The molecule has 0 unspecified atom stereocenters. The number of hydrogen-bond donors (Lipinski definition) is 1. The molecule has 1 rings (SSSR count). The summed E-state index contributed by atoms with van der Waals surface area (Å²) < 4.78 is 0. The predicted octanol–water partition coefficient (Wildman–Crippen LogP) is 6.18. The second-order valence-corrected chi connectivity index (χ2v) is 7.25. The van der Waals surface area contributed by atoms with Gasteiger partial charge in [0.25, 0.3) is 0 Å². The summed E-state index contributed by atoms with van der Waals surface area (Å²) in [6.45, 7) is 3.01. The second-order valence-electron chi connectivity index (χ2n) is 7.25. The zero-order valence-corrected chi connectivity index (χ0v) is 16.8. The molecule has 0 aliphatic carbocycles. The molecule has 0 amide bonds. The van der Waals surface area contributed by atoms with Crippen LogP contribution in [0.4, 0.5) is 0 Å². The normalized spacial score (nSPS) is 10.4. The number of carbonyl (C=O) groups excluding carboxylic acids is 1. The third-order valence-corrected chi connectivity index (χ3v) is 4.81. The third kappa shape index (κ3) is 16.3. The van der Waals surface area contributed by atoms with Gasteiger partial charge in [0.1, 0.15) is 0 Å². The van der Waals surface area contributed by atoms with Crippen molar-refractivity contribution in [2.24, 2.45) is 0 Å². The van der Waals surface area contributed by atoms with Gasteiger partial charge < -0.3 is 4.84 Å². The van der Waals surface area contributed by atoms with Gasteiger partial charge in [0, 0.05) is 6.54 Å². The predicted molar refractivity (Wildman–Crippen MR) is 117 cm³/mol. The van der Waals surface area contributed by atoms with Crippen molar-refractivity contribution in [3.05, 3.63) is 35.9 Å². The van der Waals surface area contributed by atoms with Crippen LogP contribution in [-0.2, 0) is 4.84 Å². The van der Waals surface area contributed by atoms with Crippen LogP contribution >= 0.6 is 0 Å². The summed E-state index contributed by atoms with van der Waals surface area (Å²) in [4.78, 5) is 16.8. The van der Waals surface area contributed by atoms with Gasteiger partial charge in [-0.2, -0.15) is 5.48 Å². The molecule has 27 heavy (non-hydrogen) atoms. The van der Waals surface area contributed by atoms with Crippen molar-refractivity contribution >= 4 is 35.5 Å². The monoisotopic (exact) mass is 385 g/mol. The van der Waals surface area contributed by atoms with E-state index in [9.17, 15) is 4.79 Å². The number of hydrogen-bond acceptors (Lipinski definition) is 3. The van der Waals surface area contributed by atoms with Gasteiger partial charge in [0.05, 0.1) is 5.56 Å². The number of carbonyl (C=O) groups is 1. The van der Waals surface area contributed by atoms with E-state index in [0.717, 1.165) is 13.0 Å². The van der Waals surface area contributed by atoms with E-state index in [1.165, 1.54) is 83.5 Å². The molecular weight excluding hydrogens is 345 g/mol. The van der Waals surface area contributed by atoms with E-state index in [2.05, 4.69) is 12.4 Å². The Morgan fingerprint density at radius 2 is 1.19 bits per heavy atom. The van der Waals surface area contributed by atoms with Gasteiger partial charge in [-0.15, -0.1) is 0 Å². The van der Waals surface area contributed by atoms with Crippen molar-refractivity contribution in [1.29, 1.82) is 0 Å². The van der Waals surface area contributed by atoms with Crippen LogP contribution in [-0.4, -0.2) is 42.1 Å². The summed E-state index contributed by atoms with van der Waals surface area (Å²) in [6.07, 6.45) is 18.9. The second kappa shape index (κ2) is 20.4. The fourth-order valence-corrected chi connectivity index (χ4v) is 3.14. The molecule has 150 valence electrons. The van der Waals surface area contributed by atoms with Gasteiger partial charge in [0.2, 0.25) is 0 Å². The Morgan fingerprint density at radius 3 is 1.67 bits per heavy atom. The fraction of sp³-hybridized carbons (Fsp3) is 0.696. The first-order chi connectivity index (χ1) is 12.8. The maximum absolute atomic E-state index is 11.7. The number of hydroxylamine groups is 1. The van der Waals surface area contributed by atoms with Crippen molar-refractivity contribution < 1.29 is 9.63 Å². The van der Waals surface area contributed by atoms with E-state index in [4.69, 9.17) is 4.84 Å². The molecule has 0 heterocycles. The molecule has 1 N–H and O–H groups in total. The van der Waals surface area contributed by atoms with Crippen molar-refractivity contribution in [1.82, 2.24) is 5.48 Å². The standard InChI is InChI=1S/C23H39NO2.Na.H/c1-2-3-4-5-6-7-8-9-10-11-12-13-14-18-21-24-26-23(25)22-19-16-15-17-20-22;;/h15-17,19-20,24H,2-14,18,21H2,1H3;;. The quantitative estimate of drug-likeness (QED) is 0.198. The summed E-state index contributed by atoms with van der Waals surface area (Å²) >= 11 is 0. The van der Waals surface area contributed by atoms with Crippen LogP contribution in [0, 0.1) is 0 Å². The molecule has 0 aliphatic rings. The Labute approximate surface area is 189 Å². The molecular formula is C23H40NNaO2. The van der Waals surface area contributed by atoms with Gasteiger partial charge in [-0.1, -0.05) is 109 Å². The average Bonchev–Trinajstić information content (AvgIpc) is 2.68. The molecule has 0 saturated carbocycles. The van der Waals surface area contributed by atoms with Gasteiger partial charge in [-0.05, 0) is 18.6 Å². The van der Waals surface area contributed by atoms with Crippen molar-refractivity contribution in [3.8, 4) is 0 Å². The summed E-state index contributed by atoms with van der Waals surface area (Å²) in [7, 11) is 0. The van der Waals surface area contributed by atoms with Crippen molar-refractivity contribution in [3.63, 3.8) is 0 Å². The minimum atomic E-state index is -0.309. The van der Waals surface area contributed by atoms with Crippen LogP contribution in [0.3, 0.4) is 0 Å². The molecule has 4 heteroatoms. The van der Waals surface area contributed by atoms with Gasteiger partial charge in [0.15, 0.2) is 0 Å². The zero-order chi connectivity index (χ0) is 18.7.